The van der Waals surface area contributed by atoms with Crippen molar-refractivity contribution in [1.82, 2.24) is 18.8 Å². The number of nitrogens with one attached hydrogen (secondary N) is 1. The lowest BCUT2D eigenvalue weighted by molar-refractivity contribution is 0.283. The zero-order valence-electron chi connectivity index (χ0n) is 11.7. The Kier molecular flexibility index (Phi) is 3.85. The van der Waals surface area contributed by atoms with E-state index in [4.69, 9.17) is 0 Å². The summed E-state index contributed by atoms with van der Waals surface area (Å²) in [6.45, 7) is 3.15. The smallest absolute Gasteiger partial charge is 0.314 e. The quantitative estimate of drug-likeness (QED) is 0.686. The summed E-state index contributed by atoms with van der Waals surface area (Å²) in [5.74, 6) is 0. The predicted octanol–water partition coefficient (Wildman–Crippen LogP) is -1.93. The van der Waals surface area contributed by atoms with E-state index in [2.05, 4.69) is 5.32 Å². The highest BCUT2D eigenvalue weighted by atomic mass is 32.2. The average molecular weight is 302 g/mol. The van der Waals surface area contributed by atoms with E-state index in [1.165, 1.54) is 18.4 Å². The fraction of sp³-hybridized carbons (Fsp3) is 0.636. The van der Waals surface area contributed by atoms with E-state index in [1.54, 1.807) is 6.92 Å². The Morgan fingerprint density at radius 1 is 1.30 bits per heavy atom. The van der Waals surface area contributed by atoms with Gasteiger partial charge in [0, 0.05) is 46.0 Å². The first kappa shape index (κ1) is 14.9. The Hall–Kier alpha value is -1.45. The molecule has 1 aliphatic heterocycles. The standard InChI is InChI=1S/C11H18N4O4S/c1-8-6-12-4-5-15(8)20(18,19)9-7-13(2)11(17)14(3)10(9)16/h7-8,12H,4-6H2,1-3H3/t8-/m0/s1. The fourth-order valence-corrected chi connectivity index (χ4v) is 4.04. The van der Waals surface area contributed by atoms with Crippen LogP contribution in [0.25, 0.3) is 0 Å². The van der Waals surface area contributed by atoms with Crippen molar-refractivity contribution in [3.63, 3.8) is 0 Å². The topological polar surface area (TPSA) is 93.4 Å². The van der Waals surface area contributed by atoms with Gasteiger partial charge in [0.15, 0.2) is 4.90 Å². The van der Waals surface area contributed by atoms with Crippen LogP contribution < -0.4 is 16.6 Å². The zero-order chi connectivity index (χ0) is 15.1. The molecule has 1 saturated heterocycles. The van der Waals surface area contributed by atoms with Gasteiger partial charge in [-0.2, -0.15) is 4.31 Å². The molecule has 1 aromatic heterocycles. The molecule has 0 amide bonds. The molecule has 0 radical (unpaired) electrons. The summed E-state index contributed by atoms with van der Waals surface area (Å²) in [6.07, 6.45) is 1.09. The molecule has 1 aliphatic rings. The molecule has 2 rings (SSSR count). The highest BCUT2D eigenvalue weighted by molar-refractivity contribution is 7.89. The summed E-state index contributed by atoms with van der Waals surface area (Å²) in [4.78, 5) is 23.3. The molecule has 20 heavy (non-hydrogen) atoms. The molecule has 0 bridgehead atoms. The van der Waals surface area contributed by atoms with Gasteiger partial charge in [0.25, 0.3) is 5.56 Å². The molecular weight excluding hydrogens is 284 g/mol. The second-order valence-electron chi connectivity index (χ2n) is 4.92. The molecule has 2 heterocycles. The summed E-state index contributed by atoms with van der Waals surface area (Å²) in [5.41, 5.74) is -1.35. The highest BCUT2D eigenvalue weighted by Crippen LogP contribution is 2.15. The third kappa shape index (κ3) is 2.32. The Morgan fingerprint density at radius 3 is 2.55 bits per heavy atom. The summed E-state index contributed by atoms with van der Waals surface area (Å²) in [7, 11) is -1.22. The SMILES string of the molecule is C[C@H]1CNCCN1S(=O)(=O)c1cn(C)c(=O)n(C)c1=O. The van der Waals surface area contributed by atoms with Crippen LogP contribution in [-0.2, 0) is 24.1 Å². The maximum atomic E-state index is 12.6. The van der Waals surface area contributed by atoms with Crippen LogP contribution in [0.4, 0.5) is 0 Å². The lowest BCUT2D eigenvalue weighted by Gasteiger charge is -2.32. The molecule has 0 aliphatic carbocycles. The van der Waals surface area contributed by atoms with Crippen molar-refractivity contribution < 1.29 is 8.42 Å². The van der Waals surface area contributed by atoms with Crippen LogP contribution in [0.1, 0.15) is 6.92 Å². The predicted molar refractivity (Wildman–Crippen MR) is 73.1 cm³/mol. The number of nitrogens with zero attached hydrogens (tertiary/aromatic N) is 3. The van der Waals surface area contributed by atoms with E-state index in [0.717, 1.165) is 15.3 Å². The lowest BCUT2D eigenvalue weighted by Crippen LogP contribution is -2.53. The first-order chi connectivity index (χ1) is 9.26. The number of hydrogen-bond donors (Lipinski definition) is 1. The van der Waals surface area contributed by atoms with E-state index in [-0.39, 0.29) is 10.9 Å². The summed E-state index contributed by atoms with van der Waals surface area (Å²) >= 11 is 0. The van der Waals surface area contributed by atoms with Gasteiger partial charge in [-0.15, -0.1) is 0 Å². The zero-order valence-corrected chi connectivity index (χ0v) is 12.5. The second-order valence-corrected chi connectivity index (χ2v) is 6.78. The number of sulfonamides is 1. The molecule has 0 unspecified atom stereocenters. The molecule has 1 fully saturated rings. The van der Waals surface area contributed by atoms with Gasteiger partial charge >= 0.3 is 5.69 Å². The number of rotatable bonds is 2. The van der Waals surface area contributed by atoms with Crippen molar-refractivity contribution in [1.29, 1.82) is 0 Å². The van der Waals surface area contributed by atoms with Crippen LogP contribution >= 0.6 is 0 Å². The Balaban J connectivity index is 2.61. The average Bonchev–Trinajstić information content (AvgIpc) is 2.40. The van der Waals surface area contributed by atoms with Gasteiger partial charge in [0.1, 0.15) is 0 Å². The molecule has 1 aromatic rings. The minimum absolute atomic E-state index is 0.240. The molecule has 0 saturated carbocycles. The Labute approximate surface area is 116 Å². The van der Waals surface area contributed by atoms with Crippen LogP contribution in [0.5, 0.6) is 0 Å². The minimum Gasteiger partial charge on any atom is -0.314 e. The molecule has 112 valence electrons. The van der Waals surface area contributed by atoms with E-state index < -0.39 is 21.3 Å². The van der Waals surface area contributed by atoms with Crippen molar-refractivity contribution in [3.8, 4) is 0 Å². The molecular formula is C11H18N4O4S. The van der Waals surface area contributed by atoms with Gasteiger partial charge in [-0.3, -0.25) is 9.36 Å². The van der Waals surface area contributed by atoms with Crippen molar-refractivity contribution in [2.24, 2.45) is 14.1 Å². The van der Waals surface area contributed by atoms with Crippen LogP contribution in [-0.4, -0.2) is 47.5 Å². The third-order valence-electron chi connectivity index (χ3n) is 3.44. The number of aromatic nitrogens is 2. The van der Waals surface area contributed by atoms with E-state index in [0.29, 0.717) is 19.6 Å². The molecule has 1 N–H and O–H groups in total. The van der Waals surface area contributed by atoms with Crippen molar-refractivity contribution in [2.45, 2.75) is 17.9 Å². The first-order valence-corrected chi connectivity index (χ1v) is 7.70. The van der Waals surface area contributed by atoms with Gasteiger partial charge in [-0.25, -0.2) is 13.2 Å². The van der Waals surface area contributed by atoms with Gasteiger partial charge in [-0.05, 0) is 6.92 Å². The monoisotopic (exact) mass is 302 g/mol. The summed E-state index contributed by atoms with van der Waals surface area (Å²) in [6, 6.07) is -0.240. The van der Waals surface area contributed by atoms with Gasteiger partial charge in [0.2, 0.25) is 10.0 Å². The Morgan fingerprint density at radius 2 is 1.95 bits per heavy atom. The van der Waals surface area contributed by atoms with E-state index in [9.17, 15) is 18.0 Å². The van der Waals surface area contributed by atoms with E-state index >= 15 is 0 Å². The number of hydrogen-bond acceptors (Lipinski definition) is 5. The van der Waals surface area contributed by atoms with Crippen LogP contribution in [0, 0.1) is 0 Å². The molecule has 8 nitrogen and oxygen atoms in total. The van der Waals surface area contributed by atoms with Crippen LogP contribution in [0.2, 0.25) is 0 Å². The van der Waals surface area contributed by atoms with Crippen molar-refractivity contribution in [3.05, 3.63) is 27.0 Å². The van der Waals surface area contributed by atoms with Gasteiger partial charge in [0.05, 0.1) is 0 Å². The van der Waals surface area contributed by atoms with Gasteiger partial charge < -0.3 is 9.88 Å². The fourth-order valence-electron chi connectivity index (χ4n) is 2.26. The molecule has 0 spiro atoms. The van der Waals surface area contributed by atoms with Gasteiger partial charge in [-0.1, -0.05) is 0 Å². The minimum atomic E-state index is -3.90. The maximum Gasteiger partial charge on any atom is 0.330 e. The lowest BCUT2D eigenvalue weighted by atomic mass is 10.3. The number of piperazine rings is 1. The Bertz CT molecular complexity index is 734. The first-order valence-electron chi connectivity index (χ1n) is 6.26. The van der Waals surface area contributed by atoms with Crippen LogP contribution in [0.3, 0.4) is 0 Å². The van der Waals surface area contributed by atoms with Crippen LogP contribution in [0.15, 0.2) is 20.7 Å². The van der Waals surface area contributed by atoms with Crippen molar-refractivity contribution in [2.75, 3.05) is 19.6 Å². The van der Waals surface area contributed by atoms with Crippen molar-refractivity contribution >= 4 is 10.0 Å². The largest absolute Gasteiger partial charge is 0.330 e. The second kappa shape index (κ2) is 5.15. The van der Waals surface area contributed by atoms with E-state index in [1.807, 2.05) is 0 Å². The normalized spacial score (nSPS) is 21.1. The molecule has 9 heteroatoms. The summed E-state index contributed by atoms with van der Waals surface area (Å²) < 4.78 is 28.4. The third-order valence-corrected chi connectivity index (χ3v) is 5.44. The highest BCUT2D eigenvalue weighted by Gasteiger charge is 2.33. The molecule has 0 aromatic carbocycles. The maximum absolute atomic E-state index is 12.6. The summed E-state index contributed by atoms with van der Waals surface area (Å²) in [5, 5.41) is 3.09. The molecule has 1 atom stereocenters. The number of aryl methyl sites for hydroxylation is 1.